The van der Waals surface area contributed by atoms with Gasteiger partial charge < -0.3 is 10.2 Å². The van der Waals surface area contributed by atoms with Crippen LogP contribution in [0.2, 0.25) is 0 Å². The number of aromatic hydroxyl groups is 2. The first-order valence-electron chi connectivity index (χ1n) is 5.56. The van der Waals surface area contributed by atoms with Crippen molar-refractivity contribution < 1.29 is 10.2 Å². The molecule has 1 saturated heterocycles. The Hall–Kier alpha value is -1.71. The predicted molar refractivity (Wildman–Crippen MR) is 62.8 cm³/mol. The van der Waals surface area contributed by atoms with Crippen LogP contribution in [0.5, 0.6) is 11.5 Å². The van der Waals surface area contributed by atoms with Crippen molar-refractivity contribution in [3.63, 3.8) is 0 Å². The predicted octanol–water partition coefficient (Wildman–Crippen LogP) is 1.92. The number of phenols is 2. The van der Waals surface area contributed by atoms with Gasteiger partial charge in [0, 0.05) is 24.7 Å². The van der Waals surface area contributed by atoms with Crippen molar-refractivity contribution in [3.8, 4) is 11.5 Å². The Bertz CT molecular complexity index is 385. The summed E-state index contributed by atoms with van der Waals surface area (Å²) < 4.78 is 0. The lowest BCUT2D eigenvalue weighted by Crippen LogP contribution is -2.24. The van der Waals surface area contributed by atoms with Crippen molar-refractivity contribution in [2.75, 3.05) is 13.1 Å². The molecule has 1 aromatic carbocycles. The third kappa shape index (κ3) is 2.66. The molecule has 1 aliphatic rings. The minimum atomic E-state index is 0.0563. The van der Waals surface area contributed by atoms with Gasteiger partial charge in [0.15, 0.2) is 0 Å². The van der Waals surface area contributed by atoms with Gasteiger partial charge in [-0.25, -0.2) is 0 Å². The van der Waals surface area contributed by atoms with Crippen LogP contribution in [0.15, 0.2) is 23.3 Å². The van der Waals surface area contributed by atoms with E-state index in [4.69, 9.17) is 5.11 Å². The summed E-state index contributed by atoms with van der Waals surface area (Å²) in [5.74, 6) is 0.119. The second-order valence-electron chi connectivity index (χ2n) is 4.00. The van der Waals surface area contributed by atoms with Crippen molar-refractivity contribution in [1.82, 2.24) is 5.01 Å². The molecule has 0 unspecified atom stereocenters. The van der Waals surface area contributed by atoms with Crippen molar-refractivity contribution in [2.45, 2.75) is 19.3 Å². The number of hydrogen-bond donors (Lipinski definition) is 2. The van der Waals surface area contributed by atoms with Crippen molar-refractivity contribution in [3.05, 3.63) is 23.8 Å². The normalized spacial score (nSPS) is 16.9. The van der Waals surface area contributed by atoms with E-state index in [1.165, 1.54) is 31.4 Å². The number of hydrogen-bond acceptors (Lipinski definition) is 4. The van der Waals surface area contributed by atoms with Gasteiger partial charge in [0.2, 0.25) is 0 Å². The average molecular weight is 220 g/mol. The molecule has 1 aromatic rings. The summed E-state index contributed by atoms with van der Waals surface area (Å²) in [4.78, 5) is 0. The first-order valence-corrected chi connectivity index (χ1v) is 5.56. The number of benzene rings is 1. The molecule has 0 amide bonds. The second-order valence-corrected chi connectivity index (χ2v) is 4.00. The van der Waals surface area contributed by atoms with Crippen LogP contribution in [0.4, 0.5) is 0 Å². The zero-order chi connectivity index (χ0) is 11.4. The molecule has 1 fully saturated rings. The Morgan fingerprint density at radius 2 is 1.88 bits per heavy atom. The molecule has 0 saturated carbocycles. The van der Waals surface area contributed by atoms with Gasteiger partial charge in [-0.15, -0.1) is 0 Å². The summed E-state index contributed by atoms with van der Waals surface area (Å²) >= 11 is 0. The highest BCUT2D eigenvalue weighted by atomic mass is 16.3. The Balaban J connectivity index is 2.04. The summed E-state index contributed by atoms with van der Waals surface area (Å²) in [6.07, 6.45) is 5.27. The number of phenolic OH excluding ortho intramolecular Hbond substituents is 2. The summed E-state index contributed by atoms with van der Waals surface area (Å²) in [6, 6.07) is 4.51. The first kappa shape index (κ1) is 10.8. The Morgan fingerprint density at radius 3 is 2.56 bits per heavy atom. The van der Waals surface area contributed by atoms with Crippen molar-refractivity contribution in [1.29, 1.82) is 0 Å². The third-order valence-electron chi connectivity index (χ3n) is 2.71. The minimum Gasteiger partial charge on any atom is -0.508 e. The Kier molecular flexibility index (Phi) is 3.29. The zero-order valence-corrected chi connectivity index (χ0v) is 9.13. The van der Waals surface area contributed by atoms with Crippen molar-refractivity contribution in [2.24, 2.45) is 5.10 Å². The number of hydrazone groups is 1. The van der Waals surface area contributed by atoms with Gasteiger partial charge in [-0.2, -0.15) is 5.10 Å². The van der Waals surface area contributed by atoms with Crippen LogP contribution in [0.3, 0.4) is 0 Å². The maximum absolute atomic E-state index is 9.55. The maximum Gasteiger partial charge on any atom is 0.128 e. The molecule has 86 valence electrons. The highest BCUT2D eigenvalue weighted by Crippen LogP contribution is 2.21. The van der Waals surface area contributed by atoms with Gasteiger partial charge in [-0.05, 0) is 31.4 Å². The Morgan fingerprint density at radius 1 is 1.12 bits per heavy atom. The van der Waals surface area contributed by atoms with E-state index >= 15 is 0 Å². The lowest BCUT2D eigenvalue weighted by atomic mass is 10.2. The lowest BCUT2D eigenvalue weighted by molar-refractivity contribution is 0.240. The largest absolute Gasteiger partial charge is 0.508 e. The van der Waals surface area contributed by atoms with Gasteiger partial charge in [0.25, 0.3) is 0 Å². The van der Waals surface area contributed by atoms with E-state index < -0.39 is 0 Å². The molecule has 2 rings (SSSR count). The molecule has 2 N–H and O–H groups in total. The molecular formula is C12H16N2O2. The van der Waals surface area contributed by atoms with Gasteiger partial charge in [-0.1, -0.05) is 0 Å². The molecule has 0 atom stereocenters. The molecule has 1 heterocycles. The van der Waals surface area contributed by atoms with Crippen LogP contribution in [0, 0.1) is 0 Å². The highest BCUT2D eigenvalue weighted by Gasteiger charge is 2.06. The van der Waals surface area contributed by atoms with Crippen LogP contribution in [-0.4, -0.2) is 34.5 Å². The summed E-state index contributed by atoms with van der Waals surface area (Å²) in [5.41, 5.74) is 0.628. The molecule has 0 radical (unpaired) electrons. The van der Waals surface area contributed by atoms with Crippen LogP contribution < -0.4 is 0 Å². The summed E-state index contributed by atoms with van der Waals surface area (Å²) in [5, 5.41) is 25.0. The van der Waals surface area contributed by atoms with E-state index in [1.807, 2.05) is 5.01 Å². The Labute approximate surface area is 94.8 Å². The molecule has 0 aliphatic carbocycles. The van der Waals surface area contributed by atoms with Crippen LogP contribution in [-0.2, 0) is 0 Å². The van der Waals surface area contributed by atoms with E-state index in [1.54, 1.807) is 12.3 Å². The van der Waals surface area contributed by atoms with Gasteiger partial charge in [-0.3, -0.25) is 5.01 Å². The molecule has 4 heteroatoms. The molecule has 16 heavy (non-hydrogen) atoms. The van der Waals surface area contributed by atoms with Gasteiger partial charge in [0.05, 0.1) is 6.21 Å². The third-order valence-corrected chi connectivity index (χ3v) is 2.71. The first-order chi connectivity index (χ1) is 7.75. The quantitative estimate of drug-likeness (QED) is 0.749. The van der Waals surface area contributed by atoms with E-state index in [0.717, 1.165) is 13.1 Å². The van der Waals surface area contributed by atoms with E-state index in [0.29, 0.717) is 5.56 Å². The molecule has 0 bridgehead atoms. The summed E-state index contributed by atoms with van der Waals surface area (Å²) in [6.45, 7) is 1.96. The SMILES string of the molecule is Oc1ccc(/C=N\N2CCCCC2)c(O)c1. The fourth-order valence-electron chi connectivity index (χ4n) is 1.78. The van der Waals surface area contributed by atoms with Crippen LogP contribution >= 0.6 is 0 Å². The molecule has 0 spiro atoms. The fraction of sp³-hybridized carbons (Fsp3) is 0.417. The number of nitrogens with zero attached hydrogens (tertiary/aromatic N) is 2. The lowest BCUT2D eigenvalue weighted by Gasteiger charge is -2.23. The second kappa shape index (κ2) is 4.88. The van der Waals surface area contributed by atoms with Crippen LogP contribution in [0.25, 0.3) is 0 Å². The molecule has 4 nitrogen and oxygen atoms in total. The van der Waals surface area contributed by atoms with Gasteiger partial charge in [0.1, 0.15) is 11.5 Å². The van der Waals surface area contributed by atoms with E-state index in [2.05, 4.69) is 5.10 Å². The van der Waals surface area contributed by atoms with Gasteiger partial charge >= 0.3 is 0 Å². The fourth-order valence-corrected chi connectivity index (χ4v) is 1.78. The van der Waals surface area contributed by atoms with E-state index in [9.17, 15) is 5.11 Å². The standard InChI is InChI=1S/C12H16N2O2/c15-11-5-4-10(12(16)8-11)9-13-14-6-2-1-3-7-14/h4-5,8-9,15-16H,1-3,6-7H2/b13-9-. The zero-order valence-electron chi connectivity index (χ0n) is 9.13. The highest BCUT2D eigenvalue weighted by molar-refractivity contribution is 5.83. The molecule has 0 aromatic heterocycles. The minimum absolute atomic E-state index is 0.0563. The summed E-state index contributed by atoms with van der Waals surface area (Å²) in [7, 11) is 0. The molecule has 1 aliphatic heterocycles. The topological polar surface area (TPSA) is 56.1 Å². The number of piperidine rings is 1. The smallest absolute Gasteiger partial charge is 0.128 e. The molecular weight excluding hydrogens is 204 g/mol. The maximum atomic E-state index is 9.55. The monoisotopic (exact) mass is 220 g/mol. The average Bonchev–Trinajstić information content (AvgIpc) is 2.29. The number of rotatable bonds is 2. The van der Waals surface area contributed by atoms with E-state index in [-0.39, 0.29) is 11.5 Å². The van der Waals surface area contributed by atoms with Crippen LogP contribution in [0.1, 0.15) is 24.8 Å². The van der Waals surface area contributed by atoms with Crippen molar-refractivity contribution >= 4 is 6.21 Å².